The largest absolute Gasteiger partial charge is 0.394 e. The van der Waals surface area contributed by atoms with Gasteiger partial charge in [-0.25, -0.2) is 0 Å². The highest BCUT2D eigenvalue weighted by atomic mass is 16.3. The van der Waals surface area contributed by atoms with Crippen LogP contribution in [0.15, 0.2) is 12.2 Å². The molecule has 1 amide bonds. The first-order chi connectivity index (χ1) is 38.0. The molecule has 0 saturated heterocycles. The second-order valence-corrected chi connectivity index (χ2v) is 24.9. The maximum atomic E-state index is 12.7. The van der Waals surface area contributed by atoms with Gasteiger partial charge in [0.15, 0.2) is 0 Å². The van der Waals surface area contributed by atoms with Gasteiger partial charge in [-0.1, -0.05) is 379 Å². The van der Waals surface area contributed by atoms with Crippen LogP contribution >= 0.6 is 0 Å². The van der Waals surface area contributed by atoms with Gasteiger partial charge in [-0.2, -0.15) is 0 Å². The molecule has 0 aliphatic heterocycles. The normalized spacial score (nSPS) is 13.5. The maximum absolute atomic E-state index is 12.7. The molecule has 0 aliphatic rings. The van der Waals surface area contributed by atoms with Crippen LogP contribution in [-0.4, -0.2) is 57.3 Å². The van der Waals surface area contributed by atoms with Gasteiger partial charge in [-0.3, -0.25) is 4.79 Å². The van der Waals surface area contributed by atoms with Crippen molar-refractivity contribution >= 4 is 5.91 Å². The van der Waals surface area contributed by atoms with Crippen LogP contribution in [0.5, 0.6) is 0 Å². The lowest BCUT2D eigenvalue weighted by Gasteiger charge is -2.27. The Morgan fingerprint density at radius 2 is 0.532 bits per heavy atom. The Bertz CT molecular complexity index is 1130. The summed E-state index contributed by atoms with van der Waals surface area (Å²) in [6, 6.07) is -1.00. The fourth-order valence-electron chi connectivity index (χ4n) is 11.7. The predicted molar refractivity (Wildman–Crippen MR) is 339 cm³/mol. The van der Waals surface area contributed by atoms with Gasteiger partial charge in [0.1, 0.15) is 12.2 Å². The average Bonchev–Trinajstić information content (AvgIpc) is 3.43. The Balaban J connectivity index is 3.53. The molecule has 6 nitrogen and oxygen atoms in total. The average molecular weight is 1090 g/mol. The molecule has 0 aromatic carbocycles. The van der Waals surface area contributed by atoms with Gasteiger partial charge >= 0.3 is 0 Å². The minimum Gasteiger partial charge on any atom is -0.394 e. The van der Waals surface area contributed by atoms with Crippen molar-refractivity contribution in [3.05, 3.63) is 12.2 Å². The van der Waals surface area contributed by atoms with E-state index in [1.807, 2.05) is 0 Å². The third-order valence-electron chi connectivity index (χ3n) is 17.2. The highest BCUT2D eigenvalue weighted by Gasteiger charge is 2.28. The Kier molecular flexibility index (Phi) is 65.0. The number of carbonyl (C=O) groups excluding carboxylic acids is 1. The first-order valence-corrected chi connectivity index (χ1v) is 35.6. The molecule has 0 rings (SSSR count). The van der Waals surface area contributed by atoms with Crippen molar-refractivity contribution in [2.45, 2.75) is 430 Å². The zero-order chi connectivity index (χ0) is 55.8. The van der Waals surface area contributed by atoms with Gasteiger partial charge in [0.25, 0.3) is 0 Å². The van der Waals surface area contributed by atoms with Crippen molar-refractivity contribution in [2.24, 2.45) is 0 Å². The van der Waals surface area contributed by atoms with Gasteiger partial charge < -0.3 is 25.7 Å². The Labute approximate surface area is 482 Å². The highest BCUT2D eigenvalue weighted by Crippen LogP contribution is 2.20. The third kappa shape index (κ3) is 59.5. The van der Waals surface area contributed by atoms with E-state index in [1.165, 1.54) is 340 Å². The monoisotopic (exact) mass is 1090 g/mol. The summed E-state index contributed by atoms with van der Waals surface area (Å²) in [5, 5.41) is 44.2. The van der Waals surface area contributed by atoms with Crippen LogP contribution in [-0.2, 0) is 4.79 Å². The summed E-state index contributed by atoms with van der Waals surface area (Å²) < 4.78 is 0. The molecule has 0 saturated carbocycles. The van der Waals surface area contributed by atoms with Gasteiger partial charge in [0.05, 0.1) is 18.8 Å². The molecular formula is C71H141NO5. The second-order valence-electron chi connectivity index (χ2n) is 24.9. The Morgan fingerprint density at radius 3 is 0.779 bits per heavy atom. The number of allylic oxidation sites excluding steroid dienone is 2. The highest BCUT2D eigenvalue weighted by molar-refractivity contribution is 5.80. The first kappa shape index (κ1) is 76.0. The van der Waals surface area contributed by atoms with Crippen molar-refractivity contribution in [1.82, 2.24) is 5.32 Å². The second kappa shape index (κ2) is 65.9. The fourth-order valence-corrected chi connectivity index (χ4v) is 11.7. The molecule has 4 unspecified atom stereocenters. The van der Waals surface area contributed by atoms with Gasteiger partial charge in [-0.15, -0.1) is 0 Å². The SMILES string of the molecule is CCCCCCCCCCCCCCCCCCCCCCCCCCCC/C=C/CCCC(O)C(O)C(CO)NC(=O)C(O)CCCCCCCCCCCCCCCCCCCCCCCCCCCCCCCC. The predicted octanol–water partition coefficient (Wildman–Crippen LogP) is 21.9. The zero-order valence-electron chi connectivity index (χ0n) is 52.5. The van der Waals surface area contributed by atoms with Crippen molar-refractivity contribution in [3.8, 4) is 0 Å². The summed E-state index contributed by atoms with van der Waals surface area (Å²) in [6.07, 6.45) is 82.1. The van der Waals surface area contributed by atoms with Crippen LogP contribution in [0, 0.1) is 0 Å². The number of carbonyl (C=O) groups is 1. The lowest BCUT2D eigenvalue weighted by molar-refractivity contribution is -0.132. The van der Waals surface area contributed by atoms with Crippen molar-refractivity contribution < 1.29 is 25.2 Å². The van der Waals surface area contributed by atoms with E-state index in [0.29, 0.717) is 12.8 Å². The summed E-state index contributed by atoms with van der Waals surface area (Å²) in [5.41, 5.74) is 0. The molecule has 6 heteroatoms. The zero-order valence-corrected chi connectivity index (χ0v) is 52.5. The molecule has 0 fully saturated rings. The summed E-state index contributed by atoms with van der Waals surface area (Å²) >= 11 is 0. The fraction of sp³-hybridized carbons (Fsp3) is 0.958. The third-order valence-corrected chi connectivity index (χ3v) is 17.2. The molecule has 77 heavy (non-hydrogen) atoms. The summed E-state index contributed by atoms with van der Waals surface area (Å²) in [7, 11) is 0. The van der Waals surface area contributed by atoms with Crippen molar-refractivity contribution in [1.29, 1.82) is 0 Å². The number of hydrogen-bond donors (Lipinski definition) is 5. The first-order valence-electron chi connectivity index (χ1n) is 35.6. The molecule has 0 spiro atoms. The van der Waals surface area contributed by atoms with Crippen LogP contribution < -0.4 is 5.32 Å². The molecule has 460 valence electrons. The van der Waals surface area contributed by atoms with Crippen LogP contribution in [0.3, 0.4) is 0 Å². The van der Waals surface area contributed by atoms with E-state index < -0.39 is 36.9 Å². The molecule has 0 aromatic rings. The van der Waals surface area contributed by atoms with E-state index in [1.54, 1.807) is 0 Å². The standard InChI is InChI=1S/C71H141NO5/c1-3-5-7-9-11-13-15-17-19-21-23-25-27-29-31-33-35-37-38-40-42-44-46-48-50-52-54-56-58-60-62-64-68(74)70(76)67(66-73)72-71(77)69(75)65-63-61-59-57-55-53-51-49-47-45-43-41-39-36-34-32-30-28-26-24-22-20-18-16-14-12-10-8-6-4-2/h56,58,67-70,73-76H,3-55,57,59-66H2,1-2H3,(H,72,77)/b58-56+. The lowest BCUT2D eigenvalue weighted by Crippen LogP contribution is -2.53. The van der Waals surface area contributed by atoms with Crippen molar-refractivity contribution in [3.63, 3.8) is 0 Å². The van der Waals surface area contributed by atoms with E-state index in [0.717, 1.165) is 38.5 Å². The Morgan fingerprint density at radius 1 is 0.312 bits per heavy atom. The van der Waals surface area contributed by atoms with Gasteiger partial charge in [0.2, 0.25) is 5.91 Å². The van der Waals surface area contributed by atoms with Crippen LogP contribution in [0.25, 0.3) is 0 Å². The lowest BCUT2D eigenvalue weighted by atomic mass is 10.00. The minimum absolute atomic E-state index is 0.369. The molecule has 5 N–H and O–H groups in total. The molecule has 0 heterocycles. The number of unbranched alkanes of at least 4 members (excludes halogenated alkanes) is 56. The van der Waals surface area contributed by atoms with E-state index in [9.17, 15) is 25.2 Å². The molecular weight excluding hydrogens is 947 g/mol. The van der Waals surface area contributed by atoms with Crippen LogP contribution in [0.2, 0.25) is 0 Å². The molecule has 0 radical (unpaired) electrons. The smallest absolute Gasteiger partial charge is 0.249 e. The topological polar surface area (TPSA) is 110 Å². The minimum atomic E-state index is -1.28. The van der Waals surface area contributed by atoms with E-state index >= 15 is 0 Å². The molecule has 0 aromatic heterocycles. The van der Waals surface area contributed by atoms with E-state index in [4.69, 9.17) is 0 Å². The number of hydrogen-bond acceptors (Lipinski definition) is 5. The van der Waals surface area contributed by atoms with E-state index in [-0.39, 0.29) is 0 Å². The van der Waals surface area contributed by atoms with Gasteiger partial charge in [0, 0.05) is 0 Å². The Hall–Kier alpha value is -0.950. The number of amides is 1. The van der Waals surface area contributed by atoms with Crippen LogP contribution in [0.1, 0.15) is 406 Å². The number of rotatable bonds is 67. The molecule has 4 atom stereocenters. The number of aliphatic hydroxyl groups excluding tert-OH is 4. The summed E-state index contributed by atoms with van der Waals surface area (Å²) in [6.45, 7) is 4.11. The summed E-state index contributed by atoms with van der Waals surface area (Å²) in [4.78, 5) is 12.7. The maximum Gasteiger partial charge on any atom is 0.249 e. The van der Waals surface area contributed by atoms with E-state index in [2.05, 4.69) is 31.3 Å². The quantitative estimate of drug-likeness (QED) is 0.0308. The summed E-state index contributed by atoms with van der Waals surface area (Å²) in [5.74, 6) is -0.584. The number of nitrogens with one attached hydrogen (secondary N) is 1. The van der Waals surface area contributed by atoms with Gasteiger partial charge in [-0.05, 0) is 38.5 Å². The molecule has 0 bridgehead atoms. The van der Waals surface area contributed by atoms with Crippen LogP contribution in [0.4, 0.5) is 0 Å². The van der Waals surface area contributed by atoms with Crippen molar-refractivity contribution in [2.75, 3.05) is 6.61 Å². The number of aliphatic hydroxyl groups is 4. The molecule has 0 aliphatic carbocycles.